The molecule has 3 aromatic rings. The summed E-state index contributed by atoms with van der Waals surface area (Å²) in [4.78, 5) is 51.9. The number of hydrogen-bond donors (Lipinski definition) is 1. The van der Waals surface area contributed by atoms with E-state index in [9.17, 15) is 19.2 Å². The molecule has 174 valence electrons. The highest BCUT2D eigenvalue weighted by atomic mass is 35.5. The number of benzene rings is 2. The van der Waals surface area contributed by atoms with Gasteiger partial charge in [-0.1, -0.05) is 41.9 Å². The number of thioether (sulfide) groups is 1. The smallest absolute Gasteiger partial charge is 0.295 e. The van der Waals surface area contributed by atoms with Gasteiger partial charge in [-0.15, -0.1) is 0 Å². The summed E-state index contributed by atoms with van der Waals surface area (Å²) in [6, 6.07) is 16.0. The van der Waals surface area contributed by atoms with Gasteiger partial charge in [0.2, 0.25) is 5.91 Å². The van der Waals surface area contributed by atoms with E-state index in [4.69, 9.17) is 11.6 Å². The maximum Gasteiger partial charge on any atom is 0.295 e. The molecule has 10 heteroatoms. The number of aromatic nitrogens is 2. The van der Waals surface area contributed by atoms with Crippen LogP contribution in [0.5, 0.6) is 0 Å². The highest BCUT2D eigenvalue weighted by Crippen LogP contribution is 2.32. The van der Waals surface area contributed by atoms with Crippen LogP contribution in [0.25, 0.3) is 11.8 Å². The minimum Gasteiger partial charge on any atom is -0.320 e. The third-order valence-corrected chi connectivity index (χ3v) is 6.58. The van der Waals surface area contributed by atoms with Crippen molar-refractivity contribution in [1.29, 1.82) is 0 Å². The van der Waals surface area contributed by atoms with Crippen molar-refractivity contribution < 1.29 is 14.4 Å². The normalized spacial score (nSPS) is 14.8. The summed E-state index contributed by atoms with van der Waals surface area (Å²) in [5.74, 6) is -0.924. The van der Waals surface area contributed by atoms with Crippen LogP contribution in [0.2, 0.25) is 5.02 Å². The molecule has 0 bridgehead atoms. The topological polar surface area (TPSA) is 93.4 Å². The van der Waals surface area contributed by atoms with Crippen molar-refractivity contribution in [3.63, 3.8) is 0 Å². The van der Waals surface area contributed by atoms with Gasteiger partial charge in [0, 0.05) is 25.0 Å². The second-order valence-corrected chi connectivity index (χ2v) is 9.05. The molecule has 34 heavy (non-hydrogen) atoms. The predicted octanol–water partition coefficient (Wildman–Crippen LogP) is 4.20. The Kier molecular flexibility index (Phi) is 6.76. The van der Waals surface area contributed by atoms with Gasteiger partial charge in [-0.2, -0.15) is 0 Å². The Morgan fingerprint density at radius 3 is 2.41 bits per heavy atom. The summed E-state index contributed by atoms with van der Waals surface area (Å²) in [5.41, 5.74) is 1.79. The fourth-order valence-electron chi connectivity index (χ4n) is 3.53. The van der Waals surface area contributed by atoms with Crippen LogP contribution < -0.4 is 10.9 Å². The number of hydrogen-bond acceptors (Lipinski definition) is 5. The number of nitrogens with one attached hydrogen (secondary N) is 1. The second kappa shape index (κ2) is 9.74. The molecule has 4 rings (SSSR count). The number of carbonyl (C=O) groups excluding carboxylic acids is 3. The number of rotatable bonds is 6. The molecule has 2 aromatic carbocycles. The van der Waals surface area contributed by atoms with Gasteiger partial charge in [0.05, 0.1) is 16.3 Å². The molecule has 1 N–H and O–H groups in total. The molecule has 1 aliphatic heterocycles. The van der Waals surface area contributed by atoms with E-state index in [0.717, 1.165) is 22.2 Å². The van der Waals surface area contributed by atoms with Crippen molar-refractivity contribution in [2.45, 2.75) is 13.3 Å². The number of imide groups is 1. The quantitative estimate of drug-likeness (QED) is 0.516. The summed E-state index contributed by atoms with van der Waals surface area (Å²) in [7, 11) is 1.73. The van der Waals surface area contributed by atoms with Crippen LogP contribution in [0, 0.1) is 6.92 Å². The second-order valence-electron chi connectivity index (χ2n) is 7.62. The van der Waals surface area contributed by atoms with Crippen molar-refractivity contribution in [2.75, 3.05) is 11.9 Å². The minimum absolute atomic E-state index is 0.0901. The molecule has 0 radical (unpaired) electrons. The highest BCUT2D eigenvalue weighted by Gasteiger charge is 2.35. The van der Waals surface area contributed by atoms with E-state index in [1.165, 1.54) is 4.68 Å². The Balaban J connectivity index is 1.44. The van der Waals surface area contributed by atoms with E-state index < -0.39 is 17.1 Å². The molecule has 1 aliphatic rings. The van der Waals surface area contributed by atoms with Crippen molar-refractivity contribution in [3.8, 4) is 5.69 Å². The van der Waals surface area contributed by atoms with Gasteiger partial charge >= 0.3 is 0 Å². The Morgan fingerprint density at radius 2 is 1.74 bits per heavy atom. The van der Waals surface area contributed by atoms with E-state index in [-0.39, 0.29) is 29.1 Å². The summed E-state index contributed by atoms with van der Waals surface area (Å²) >= 11 is 6.70. The van der Waals surface area contributed by atoms with Gasteiger partial charge < -0.3 is 5.32 Å². The van der Waals surface area contributed by atoms with Crippen LogP contribution in [-0.4, -0.2) is 37.9 Å². The zero-order valence-electron chi connectivity index (χ0n) is 18.4. The third kappa shape index (κ3) is 4.71. The average Bonchev–Trinajstić information content (AvgIpc) is 3.20. The Labute approximate surface area is 204 Å². The SMILES string of the molecule is Cc1c(NC(=O)CCN2C(=O)SC(=Cc3ccc(Cl)cc3)C2=O)c(=O)n(-c2ccccc2)n1C. The maximum absolute atomic E-state index is 12.9. The summed E-state index contributed by atoms with van der Waals surface area (Å²) < 4.78 is 3.12. The van der Waals surface area contributed by atoms with Gasteiger partial charge in [0.25, 0.3) is 16.7 Å². The van der Waals surface area contributed by atoms with Crippen molar-refractivity contribution in [1.82, 2.24) is 14.3 Å². The molecule has 0 atom stereocenters. The van der Waals surface area contributed by atoms with E-state index in [2.05, 4.69) is 5.32 Å². The number of para-hydroxylation sites is 1. The molecule has 1 aromatic heterocycles. The lowest BCUT2D eigenvalue weighted by atomic mass is 10.2. The van der Waals surface area contributed by atoms with Crippen molar-refractivity contribution in [3.05, 3.63) is 86.1 Å². The van der Waals surface area contributed by atoms with Gasteiger partial charge in [0.15, 0.2) is 0 Å². The van der Waals surface area contributed by atoms with Crippen LogP contribution in [0.1, 0.15) is 17.7 Å². The summed E-state index contributed by atoms with van der Waals surface area (Å²) in [5, 5.41) is 2.77. The first-order valence-electron chi connectivity index (χ1n) is 10.4. The van der Waals surface area contributed by atoms with E-state index in [0.29, 0.717) is 16.4 Å². The molecule has 0 saturated carbocycles. The number of carbonyl (C=O) groups is 3. The molecule has 3 amide bonds. The first kappa shape index (κ1) is 23.6. The molecular weight excluding hydrogens is 476 g/mol. The maximum atomic E-state index is 12.9. The zero-order chi connectivity index (χ0) is 24.4. The van der Waals surface area contributed by atoms with E-state index in [1.54, 1.807) is 61.1 Å². The lowest BCUT2D eigenvalue weighted by molar-refractivity contribution is -0.123. The molecule has 8 nitrogen and oxygen atoms in total. The molecule has 1 saturated heterocycles. The standard InChI is InChI=1S/C24H21ClN4O4S/c1-15-21(23(32)29(27(15)2)18-6-4-3-5-7-18)26-20(30)12-13-28-22(31)19(34-24(28)33)14-16-8-10-17(25)11-9-16/h3-11,14H,12-13H2,1-2H3,(H,26,30). The summed E-state index contributed by atoms with van der Waals surface area (Å²) in [6.45, 7) is 1.64. The monoisotopic (exact) mass is 496 g/mol. The van der Waals surface area contributed by atoms with E-state index >= 15 is 0 Å². The molecule has 0 unspecified atom stereocenters. The van der Waals surface area contributed by atoms with E-state index in [1.807, 2.05) is 18.2 Å². The van der Waals surface area contributed by atoms with Gasteiger partial charge in [-0.3, -0.25) is 28.8 Å². The fraction of sp³-hybridized carbons (Fsp3) is 0.167. The van der Waals surface area contributed by atoms with Crippen molar-refractivity contribution >= 4 is 52.2 Å². The summed E-state index contributed by atoms with van der Waals surface area (Å²) in [6.07, 6.45) is 1.48. The lowest BCUT2D eigenvalue weighted by Crippen LogP contribution is -2.32. The van der Waals surface area contributed by atoms with Crippen molar-refractivity contribution in [2.24, 2.45) is 7.05 Å². The predicted molar refractivity (Wildman–Crippen MR) is 133 cm³/mol. The Morgan fingerprint density at radius 1 is 1.06 bits per heavy atom. The fourth-order valence-corrected chi connectivity index (χ4v) is 4.52. The molecule has 2 heterocycles. The third-order valence-electron chi connectivity index (χ3n) is 5.42. The highest BCUT2D eigenvalue weighted by molar-refractivity contribution is 8.18. The number of nitrogens with zero attached hydrogens (tertiary/aromatic N) is 3. The van der Waals surface area contributed by atoms with Gasteiger partial charge in [-0.05, 0) is 54.6 Å². The molecule has 1 fully saturated rings. The van der Waals surface area contributed by atoms with Crippen LogP contribution in [0.4, 0.5) is 10.5 Å². The number of anilines is 1. The minimum atomic E-state index is -0.466. The molecule has 0 aliphatic carbocycles. The van der Waals surface area contributed by atoms with Crippen LogP contribution in [0.3, 0.4) is 0 Å². The number of amides is 3. The first-order chi connectivity index (χ1) is 16.3. The van der Waals surface area contributed by atoms with Crippen LogP contribution in [0.15, 0.2) is 64.3 Å². The van der Waals surface area contributed by atoms with Gasteiger partial charge in [0.1, 0.15) is 5.69 Å². The molecular formula is C24H21ClN4O4S. The number of halogens is 1. The Hall–Kier alpha value is -3.56. The van der Waals surface area contributed by atoms with Gasteiger partial charge in [-0.25, -0.2) is 4.68 Å². The molecule has 0 spiro atoms. The Bertz CT molecular complexity index is 1360. The average molecular weight is 497 g/mol. The lowest BCUT2D eigenvalue weighted by Gasteiger charge is -2.12. The first-order valence-corrected chi connectivity index (χ1v) is 11.6. The van der Waals surface area contributed by atoms with Crippen LogP contribution >= 0.6 is 23.4 Å². The zero-order valence-corrected chi connectivity index (χ0v) is 20.0. The largest absolute Gasteiger partial charge is 0.320 e. The van der Waals surface area contributed by atoms with Crippen LogP contribution in [-0.2, 0) is 16.6 Å².